The van der Waals surface area contributed by atoms with Crippen LogP contribution in [0, 0.1) is 0 Å². The molecule has 1 heterocycles. The van der Waals surface area contributed by atoms with E-state index in [1.807, 2.05) is 0 Å². The Morgan fingerprint density at radius 3 is 2.50 bits per heavy atom. The summed E-state index contributed by atoms with van der Waals surface area (Å²) < 4.78 is 4.34. The summed E-state index contributed by atoms with van der Waals surface area (Å²) in [7, 11) is 0. The number of carbonyl (C=O) groups is 1. The second-order valence-electron chi connectivity index (χ2n) is 1.33. The monoisotopic (exact) mass is 88.0 g/mol. The lowest BCUT2D eigenvalue weighted by Crippen LogP contribution is -2.72. The van der Waals surface area contributed by atoms with E-state index in [0.29, 0.717) is 6.61 Å². The van der Waals surface area contributed by atoms with Crippen LogP contribution in [-0.4, -0.2) is 18.6 Å². The maximum Gasteiger partial charge on any atom is 0.368 e. The third-order valence-electron chi connectivity index (χ3n) is 0.760. The molecule has 1 rings (SSSR count). The largest absolute Gasteiger partial charge is 0.454 e. The molecule has 0 saturated carbocycles. The van der Waals surface area contributed by atoms with Crippen molar-refractivity contribution in [2.24, 2.45) is 0 Å². The van der Waals surface area contributed by atoms with Crippen molar-refractivity contribution in [2.75, 3.05) is 6.61 Å². The lowest BCUT2D eigenvalue weighted by atomic mass is 10.3. The molecule has 1 fully saturated rings. The van der Waals surface area contributed by atoms with Crippen LogP contribution in [0.4, 0.5) is 0 Å². The van der Waals surface area contributed by atoms with E-state index in [1.54, 1.807) is 0 Å². The van der Waals surface area contributed by atoms with Crippen molar-refractivity contribution in [2.45, 2.75) is 6.04 Å². The van der Waals surface area contributed by atoms with E-state index in [9.17, 15) is 4.79 Å². The number of hydrogen-bond acceptors (Lipinski definition) is 2. The molecule has 1 saturated heterocycles. The first kappa shape index (κ1) is 3.61. The van der Waals surface area contributed by atoms with E-state index in [4.69, 9.17) is 0 Å². The fraction of sp³-hybridized carbons (Fsp3) is 0.667. The molecule has 3 N–H and O–H groups in total. The highest BCUT2D eigenvalue weighted by molar-refractivity contribution is 5.78. The third kappa shape index (κ3) is 0.285. The standard InChI is InChI=1S/C3H5NO2/c4-2-1-6-3(2)5/h2H,1,4H2/p+1/t2-/m0/s1. The molecule has 1 atom stereocenters. The van der Waals surface area contributed by atoms with Gasteiger partial charge >= 0.3 is 5.97 Å². The van der Waals surface area contributed by atoms with E-state index in [0.717, 1.165) is 0 Å². The Morgan fingerprint density at radius 1 is 2.00 bits per heavy atom. The molecular weight excluding hydrogens is 82.0 g/mol. The van der Waals surface area contributed by atoms with Gasteiger partial charge in [-0.2, -0.15) is 0 Å². The highest BCUT2D eigenvalue weighted by atomic mass is 16.6. The van der Waals surface area contributed by atoms with Crippen LogP contribution in [-0.2, 0) is 9.53 Å². The molecule has 0 aromatic heterocycles. The Labute approximate surface area is 35.1 Å². The second-order valence-corrected chi connectivity index (χ2v) is 1.33. The Balaban J connectivity index is 2.39. The van der Waals surface area contributed by atoms with Crippen LogP contribution >= 0.6 is 0 Å². The van der Waals surface area contributed by atoms with Crippen LogP contribution in [0.25, 0.3) is 0 Å². The van der Waals surface area contributed by atoms with Crippen LogP contribution in [0.15, 0.2) is 0 Å². The van der Waals surface area contributed by atoms with Crippen molar-refractivity contribution < 1.29 is 15.3 Å². The van der Waals surface area contributed by atoms with Gasteiger partial charge in [0.05, 0.1) is 0 Å². The first-order valence-electron chi connectivity index (χ1n) is 1.80. The minimum absolute atomic E-state index is 0.0787. The van der Waals surface area contributed by atoms with Gasteiger partial charge in [0.2, 0.25) is 6.04 Å². The zero-order chi connectivity index (χ0) is 4.57. The van der Waals surface area contributed by atoms with Gasteiger partial charge in [-0.25, -0.2) is 4.79 Å². The first-order valence-corrected chi connectivity index (χ1v) is 1.80. The van der Waals surface area contributed by atoms with E-state index in [1.165, 1.54) is 0 Å². The van der Waals surface area contributed by atoms with Crippen molar-refractivity contribution >= 4 is 5.97 Å². The highest BCUT2D eigenvalue weighted by Crippen LogP contribution is 1.94. The van der Waals surface area contributed by atoms with Crippen molar-refractivity contribution in [1.82, 2.24) is 0 Å². The molecule has 0 aliphatic carbocycles. The summed E-state index contributed by atoms with van der Waals surface area (Å²) in [6.45, 7) is 0.513. The lowest BCUT2D eigenvalue weighted by molar-refractivity contribution is -0.433. The molecule has 1 aliphatic rings. The molecule has 0 aromatic carbocycles. The van der Waals surface area contributed by atoms with Gasteiger partial charge in [-0.15, -0.1) is 0 Å². The van der Waals surface area contributed by atoms with Crippen LogP contribution < -0.4 is 5.73 Å². The molecule has 0 amide bonds. The molecule has 0 radical (unpaired) electrons. The SMILES string of the molecule is [NH3+][C@H]1COC1=O. The number of rotatable bonds is 0. The van der Waals surface area contributed by atoms with Gasteiger partial charge in [-0.05, 0) is 0 Å². The zero-order valence-electron chi connectivity index (χ0n) is 3.31. The first-order chi connectivity index (χ1) is 2.80. The summed E-state index contributed by atoms with van der Waals surface area (Å²) in [6, 6.07) is -0.0787. The summed E-state index contributed by atoms with van der Waals surface area (Å²) >= 11 is 0. The maximum absolute atomic E-state index is 9.95. The Kier molecular flexibility index (Phi) is 0.569. The molecule has 1 aliphatic heterocycles. The van der Waals surface area contributed by atoms with Crippen LogP contribution in [0.1, 0.15) is 0 Å². The smallest absolute Gasteiger partial charge is 0.368 e. The van der Waals surface area contributed by atoms with E-state index < -0.39 is 0 Å². The average molecular weight is 88.1 g/mol. The fourth-order valence-electron chi connectivity index (χ4n) is 0.269. The van der Waals surface area contributed by atoms with E-state index in [2.05, 4.69) is 10.5 Å². The zero-order valence-corrected chi connectivity index (χ0v) is 3.31. The third-order valence-corrected chi connectivity index (χ3v) is 0.760. The van der Waals surface area contributed by atoms with Crippen LogP contribution in [0.3, 0.4) is 0 Å². The molecule has 6 heavy (non-hydrogen) atoms. The van der Waals surface area contributed by atoms with Crippen molar-refractivity contribution in [1.29, 1.82) is 0 Å². The Hall–Kier alpha value is -0.570. The fourth-order valence-corrected chi connectivity index (χ4v) is 0.269. The predicted molar refractivity (Wildman–Crippen MR) is 17.6 cm³/mol. The van der Waals surface area contributed by atoms with Gasteiger partial charge < -0.3 is 10.5 Å². The summed E-state index contributed by atoms with van der Waals surface area (Å²) in [5, 5.41) is 0. The molecule has 0 aromatic rings. The number of carbonyl (C=O) groups excluding carboxylic acids is 1. The number of ether oxygens (including phenoxy) is 1. The summed E-state index contributed by atoms with van der Waals surface area (Å²) in [5.41, 5.74) is 3.45. The number of cyclic esters (lactones) is 1. The maximum atomic E-state index is 9.95. The average Bonchev–Trinajstić information content (AvgIpc) is 1.61. The lowest BCUT2D eigenvalue weighted by Gasteiger charge is -2.15. The molecule has 3 heteroatoms. The summed E-state index contributed by atoms with van der Waals surface area (Å²) in [4.78, 5) is 9.95. The van der Waals surface area contributed by atoms with Gasteiger partial charge in [-0.1, -0.05) is 0 Å². The molecule has 0 bridgehead atoms. The Bertz CT molecular complexity index is 80.9. The minimum Gasteiger partial charge on any atom is -0.454 e. The molecule has 0 unspecified atom stereocenters. The van der Waals surface area contributed by atoms with Gasteiger partial charge in [0.25, 0.3) is 0 Å². The number of esters is 1. The van der Waals surface area contributed by atoms with Crippen molar-refractivity contribution in [3.63, 3.8) is 0 Å². The molecule has 0 spiro atoms. The quantitative estimate of drug-likeness (QED) is 0.353. The number of quaternary nitrogens is 1. The topological polar surface area (TPSA) is 53.9 Å². The van der Waals surface area contributed by atoms with Crippen LogP contribution in [0.2, 0.25) is 0 Å². The van der Waals surface area contributed by atoms with Crippen molar-refractivity contribution in [3.05, 3.63) is 0 Å². The van der Waals surface area contributed by atoms with Gasteiger partial charge in [-0.3, -0.25) is 0 Å². The normalized spacial score (nSPS) is 31.5. The van der Waals surface area contributed by atoms with Crippen LogP contribution in [0.5, 0.6) is 0 Å². The molecular formula is C3H6NO2+. The van der Waals surface area contributed by atoms with Gasteiger partial charge in [0, 0.05) is 0 Å². The predicted octanol–water partition coefficient (Wildman–Crippen LogP) is -1.85. The van der Waals surface area contributed by atoms with Crippen molar-refractivity contribution in [3.8, 4) is 0 Å². The molecule has 3 nitrogen and oxygen atoms in total. The Morgan fingerprint density at radius 2 is 2.50 bits per heavy atom. The molecule has 34 valence electrons. The summed E-state index contributed by atoms with van der Waals surface area (Å²) in [6.07, 6.45) is 0. The van der Waals surface area contributed by atoms with Gasteiger partial charge in [0.15, 0.2) is 6.61 Å². The minimum atomic E-state index is -0.171. The highest BCUT2D eigenvalue weighted by Gasteiger charge is 2.29. The van der Waals surface area contributed by atoms with E-state index >= 15 is 0 Å². The second kappa shape index (κ2) is 0.944. The van der Waals surface area contributed by atoms with E-state index in [-0.39, 0.29) is 12.0 Å². The van der Waals surface area contributed by atoms with Gasteiger partial charge in [0.1, 0.15) is 0 Å². The summed E-state index contributed by atoms with van der Waals surface area (Å²) in [5.74, 6) is -0.171. The number of hydrogen-bond donors (Lipinski definition) is 1.